The third kappa shape index (κ3) is 3.90. The smallest absolute Gasteiger partial charge is 0.225 e. The number of anilines is 1. The lowest BCUT2D eigenvalue weighted by atomic mass is 9.97. The molecule has 0 aliphatic carbocycles. The number of aryl methyl sites for hydroxylation is 1. The van der Waals surface area contributed by atoms with Gasteiger partial charge in [0.05, 0.1) is 12.5 Å². The van der Waals surface area contributed by atoms with Gasteiger partial charge < -0.3 is 15.0 Å². The fourth-order valence-electron chi connectivity index (χ4n) is 2.38. The van der Waals surface area contributed by atoms with Gasteiger partial charge >= 0.3 is 0 Å². The van der Waals surface area contributed by atoms with Crippen molar-refractivity contribution in [2.24, 2.45) is 5.92 Å². The van der Waals surface area contributed by atoms with E-state index >= 15 is 0 Å². The number of piperidine rings is 1. The van der Waals surface area contributed by atoms with Crippen LogP contribution < -0.4 is 10.2 Å². The maximum absolute atomic E-state index is 12.1. The molecule has 20 heavy (non-hydrogen) atoms. The van der Waals surface area contributed by atoms with E-state index in [0.717, 1.165) is 31.0 Å². The lowest BCUT2D eigenvalue weighted by molar-refractivity contribution is -0.125. The minimum Gasteiger partial charge on any atom is -0.383 e. The molecule has 1 aromatic rings. The molecule has 0 spiro atoms. The van der Waals surface area contributed by atoms with E-state index in [1.165, 1.54) is 0 Å². The summed E-state index contributed by atoms with van der Waals surface area (Å²) in [5.74, 6) is 0.823. The van der Waals surface area contributed by atoms with Crippen molar-refractivity contribution < 1.29 is 9.53 Å². The number of nitrogens with zero attached hydrogens (tertiary/aromatic N) is 3. The van der Waals surface area contributed by atoms with E-state index in [1.807, 2.05) is 13.0 Å². The molecule has 110 valence electrons. The predicted molar refractivity (Wildman–Crippen MR) is 76.6 cm³/mol. The van der Waals surface area contributed by atoms with Crippen molar-refractivity contribution in [2.75, 3.05) is 38.3 Å². The zero-order chi connectivity index (χ0) is 14.4. The molecule has 0 radical (unpaired) electrons. The normalized spacial score (nSPS) is 18.9. The summed E-state index contributed by atoms with van der Waals surface area (Å²) in [6.07, 6.45) is 3.67. The fourth-order valence-corrected chi connectivity index (χ4v) is 2.38. The Morgan fingerprint density at radius 2 is 2.45 bits per heavy atom. The molecule has 0 saturated carbocycles. The molecule has 6 heteroatoms. The second-order valence-electron chi connectivity index (χ2n) is 5.07. The molecular formula is C14H22N4O2. The van der Waals surface area contributed by atoms with E-state index in [4.69, 9.17) is 4.74 Å². The molecular weight excluding hydrogens is 256 g/mol. The number of carbonyl (C=O) groups is 1. The third-order valence-electron chi connectivity index (χ3n) is 3.46. The molecule has 6 nitrogen and oxygen atoms in total. The maximum Gasteiger partial charge on any atom is 0.225 e. The molecule has 1 fully saturated rings. The van der Waals surface area contributed by atoms with Gasteiger partial charge in [0.15, 0.2) is 0 Å². The van der Waals surface area contributed by atoms with Crippen LogP contribution in [0.2, 0.25) is 0 Å². The molecule has 2 rings (SSSR count). The van der Waals surface area contributed by atoms with Gasteiger partial charge in [0.2, 0.25) is 11.9 Å². The summed E-state index contributed by atoms with van der Waals surface area (Å²) in [6.45, 7) is 4.65. The Kier molecular flexibility index (Phi) is 5.29. The lowest BCUT2D eigenvalue weighted by Gasteiger charge is -2.32. The Morgan fingerprint density at radius 3 is 3.20 bits per heavy atom. The standard InChI is InChI=1S/C14H22N4O2/c1-11-5-6-16-14(17-11)18-8-3-4-12(10-18)13(19)15-7-9-20-2/h5-6,12H,3-4,7-10H2,1-2H3,(H,15,19)/t12-/m1/s1. The van der Waals surface area contributed by atoms with Crippen LogP contribution in [0.5, 0.6) is 0 Å². The second-order valence-corrected chi connectivity index (χ2v) is 5.07. The first kappa shape index (κ1) is 14.7. The first-order valence-corrected chi connectivity index (χ1v) is 7.02. The van der Waals surface area contributed by atoms with Crippen LogP contribution >= 0.6 is 0 Å². The van der Waals surface area contributed by atoms with Crippen LogP contribution in [-0.4, -0.2) is 49.2 Å². The van der Waals surface area contributed by atoms with Crippen LogP contribution in [0.25, 0.3) is 0 Å². The van der Waals surface area contributed by atoms with Gasteiger partial charge in [-0.3, -0.25) is 4.79 Å². The van der Waals surface area contributed by atoms with Gasteiger partial charge in [-0.1, -0.05) is 0 Å². The average Bonchev–Trinajstić information content (AvgIpc) is 2.47. The van der Waals surface area contributed by atoms with Crippen molar-refractivity contribution in [3.8, 4) is 0 Å². The summed E-state index contributed by atoms with van der Waals surface area (Å²) >= 11 is 0. The summed E-state index contributed by atoms with van der Waals surface area (Å²) in [4.78, 5) is 22.9. The first-order valence-electron chi connectivity index (χ1n) is 7.02. The molecule has 1 aromatic heterocycles. The van der Waals surface area contributed by atoms with Crippen molar-refractivity contribution in [1.82, 2.24) is 15.3 Å². The van der Waals surface area contributed by atoms with E-state index in [2.05, 4.69) is 20.2 Å². The molecule has 0 bridgehead atoms. The SMILES string of the molecule is COCCNC(=O)[C@@H]1CCCN(c2nccc(C)n2)C1. The van der Waals surface area contributed by atoms with E-state index in [9.17, 15) is 4.79 Å². The summed E-state index contributed by atoms with van der Waals surface area (Å²) in [5.41, 5.74) is 0.946. The van der Waals surface area contributed by atoms with Gasteiger partial charge in [0, 0.05) is 38.6 Å². The van der Waals surface area contributed by atoms with E-state index in [1.54, 1.807) is 13.3 Å². The number of nitrogens with one attached hydrogen (secondary N) is 1. The molecule has 2 heterocycles. The van der Waals surface area contributed by atoms with Crippen LogP contribution in [-0.2, 0) is 9.53 Å². The monoisotopic (exact) mass is 278 g/mol. The number of methoxy groups -OCH3 is 1. The van der Waals surface area contributed by atoms with Crippen LogP contribution in [0.4, 0.5) is 5.95 Å². The van der Waals surface area contributed by atoms with E-state index in [-0.39, 0.29) is 11.8 Å². The quantitative estimate of drug-likeness (QED) is 0.806. The number of rotatable bonds is 5. The molecule has 1 saturated heterocycles. The number of aromatic nitrogens is 2. The summed E-state index contributed by atoms with van der Waals surface area (Å²) in [5, 5.41) is 2.91. The van der Waals surface area contributed by atoms with Crippen molar-refractivity contribution in [1.29, 1.82) is 0 Å². The molecule has 1 atom stereocenters. The van der Waals surface area contributed by atoms with E-state index in [0.29, 0.717) is 19.7 Å². The third-order valence-corrected chi connectivity index (χ3v) is 3.46. The molecule has 1 aliphatic rings. The Hall–Kier alpha value is -1.69. The molecule has 1 N–H and O–H groups in total. The highest BCUT2D eigenvalue weighted by Gasteiger charge is 2.26. The van der Waals surface area contributed by atoms with Crippen LogP contribution in [0.1, 0.15) is 18.5 Å². The van der Waals surface area contributed by atoms with Crippen molar-refractivity contribution >= 4 is 11.9 Å². The fraction of sp³-hybridized carbons (Fsp3) is 0.643. The molecule has 0 aromatic carbocycles. The maximum atomic E-state index is 12.1. The van der Waals surface area contributed by atoms with Gasteiger partial charge in [0.1, 0.15) is 0 Å². The van der Waals surface area contributed by atoms with Gasteiger partial charge in [-0.25, -0.2) is 9.97 Å². The summed E-state index contributed by atoms with van der Waals surface area (Å²) in [7, 11) is 1.63. The number of hydrogen-bond acceptors (Lipinski definition) is 5. The minimum atomic E-state index is 0.00437. The van der Waals surface area contributed by atoms with Crippen LogP contribution in [0, 0.1) is 12.8 Å². The topological polar surface area (TPSA) is 67.3 Å². The highest BCUT2D eigenvalue weighted by Crippen LogP contribution is 2.20. The number of ether oxygens (including phenoxy) is 1. The minimum absolute atomic E-state index is 0.00437. The van der Waals surface area contributed by atoms with Crippen LogP contribution in [0.3, 0.4) is 0 Å². The van der Waals surface area contributed by atoms with Gasteiger partial charge in [-0.15, -0.1) is 0 Å². The first-order chi connectivity index (χ1) is 9.70. The molecule has 0 unspecified atom stereocenters. The lowest BCUT2D eigenvalue weighted by Crippen LogP contribution is -2.44. The number of carbonyl (C=O) groups excluding carboxylic acids is 1. The Morgan fingerprint density at radius 1 is 1.60 bits per heavy atom. The highest BCUT2D eigenvalue weighted by molar-refractivity contribution is 5.79. The summed E-state index contributed by atoms with van der Waals surface area (Å²) in [6, 6.07) is 1.88. The van der Waals surface area contributed by atoms with Gasteiger partial charge in [0.25, 0.3) is 0 Å². The highest BCUT2D eigenvalue weighted by atomic mass is 16.5. The second kappa shape index (κ2) is 7.19. The number of hydrogen-bond donors (Lipinski definition) is 1. The average molecular weight is 278 g/mol. The predicted octanol–water partition coefficient (Wildman–Crippen LogP) is 0.764. The Bertz CT molecular complexity index is 453. The molecule has 1 amide bonds. The Balaban J connectivity index is 1.93. The number of amides is 1. The largest absolute Gasteiger partial charge is 0.383 e. The van der Waals surface area contributed by atoms with E-state index < -0.39 is 0 Å². The van der Waals surface area contributed by atoms with Crippen LogP contribution in [0.15, 0.2) is 12.3 Å². The van der Waals surface area contributed by atoms with Gasteiger partial charge in [-0.2, -0.15) is 0 Å². The Labute approximate surface area is 119 Å². The van der Waals surface area contributed by atoms with Crippen molar-refractivity contribution in [2.45, 2.75) is 19.8 Å². The molecule has 1 aliphatic heterocycles. The van der Waals surface area contributed by atoms with Crippen molar-refractivity contribution in [3.05, 3.63) is 18.0 Å². The summed E-state index contributed by atoms with van der Waals surface area (Å²) < 4.78 is 4.94. The zero-order valence-electron chi connectivity index (χ0n) is 12.1. The zero-order valence-corrected chi connectivity index (χ0v) is 12.1. The van der Waals surface area contributed by atoms with Gasteiger partial charge in [-0.05, 0) is 25.8 Å². The van der Waals surface area contributed by atoms with Crippen molar-refractivity contribution in [3.63, 3.8) is 0 Å².